The monoisotopic (exact) mass is 423 g/mol. The zero-order chi connectivity index (χ0) is 19.9. The van der Waals surface area contributed by atoms with Crippen LogP contribution in [0.3, 0.4) is 0 Å². The van der Waals surface area contributed by atoms with Gasteiger partial charge in [-0.05, 0) is 49.2 Å². The first kappa shape index (κ1) is 19.9. The fraction of sp³-hybridized carbons (Fsp3) is 0.211. The first-order chi connectivity index (χ1) is 12.6. The van der Waals surface area contributed by atoms with Crippen LogP contribution in [-0.2, 0) is 23.6 Å². The molecule has 1 aromatic heterocycles. The van der Waals surface area contributed by atoms with Crippen LogP contribution in [0.4, 0.5) is 0 Å². The highest BCUT2D eigenvalue weighted by atomic mass is 35.5. The highest BCUT2D eigenvalue weighted by molar-refractivity contribution is 7.85. The molecule has 0 aliphatic rings. The van der Waals surface area contributed by atoms with E-state index >= 15 is 0 Å². The third-order valence-corrected chi connectivity index (χ3v) is 5.90. The van der Waals surface area contributed by atoms with Crippen molar-refractivity contribution in [3.05, 3.63) is 68.8 Å². The molecule has 2 aromatic carbocycles. The molecule has 0 bridgehead atoms. The van der Waals surface area contributed by atoms with Crippen LogP contribution in [0.15, 0.2) is 41.3 Å². The molecule has 0 fully saturated rings. The first-order valence-corrected chi connectivity index (χ1v) is 10.3. The summed E-state index contributed by atoms with van der Waals surface area (Å²) >= 11 is 12.3. The Morgan fingerprint density at radius 1 is 1.11 bits per heavy atom. The van der Waals surface area contributed by atoms with E-state index in [2.05, 4.69) is 5.10 Å². The minimum absolute atomic E-state index is 0.266. The molecule has 0 aliphatic heterocycles. The molecule has 27 heavy (non-hydrogen) atoms. The maximum Gasteiger partial charge on any atom is 0.124 e. The van der Waals surface area contributed by atoms with Crippen LogP contribution >= 0.6 is 23.2 Å². The van der Waals surface area contributed by atoms with Gasteiger partial charge in [0, 0.05) is 34.6 Å². The van der Waals surface area contributed by atoms with Crippen molar-refractivity contribution in [2.24, 2.45) is 7.05 Å². The largest absolute Gasteiger partial charge is 0.744 e. The summed E-state index contributed by atoms with van der Waals surface area (Å²) in [5, 5.41) is 5.58. The normalized spacial score (nSPS) is 11.8. The highest BCUT2D eigenvalue weighted by Gasteiger charge is 2.19. The summed E-state index contributed by atoms with van der Waals surface area (Å²) in [6.07, 6.45) is 0.499. The average Bonchev–Trinajstić information content (AvgIpc) is 2.83. The van der Waals surface area contributed by atoms with Gasteiger partial charge in [0.05, 0.1) is 16.3 Å². The number of aryl methyl sites for hydroxylation is 3. The molecule has 0 amide bonds. The molecular formula is C19H17Cl2N2O3S-. The fourth-order valence-corrected chi connectivity index (χ4v) is 4.09. The minimum atomic E-state index is -4.55. The minimum Gasteiger partial charge on any atom is -0.744 e. The zero-order valence-electron chi connectivity index (χ0n) is 15.0. The lowest BCUT2D eigenvalue weighted by Crippen LogP contribution is -2.02. The average molecular weight is 424 g/mol. The Bertz CT molecular complexity index is 1140. The van der Waals surface area contributed by atoms with Crippen molar-refractivity contribution in [2.45, 2.75) is 25.2 Å². The van der Waals surface area contributed by atoms with E-state index in [0.29, 0.717) is 22.0 Å². The maximum atomic E-state index is 11.5. The smallest absolute Gasteiger partial charge is 0.124 e. The summed E-state index contributed by atoms with van der Waals surface area (Å²) in [6.45, 7) is 3.74. The topological polar surface area (TPSA) is 75.0 Å². The molecule has 8 heteroatoms. The van der Waals surface area contributed by atoms with E-state index in [4.69, 9.17) is 23.2 Å². The quantitative estimate of drug-likeness (QED) is 0.578. The van der Waals surface area contributed by atoms with Crippen molar-refractivity contribution in [1.82, 2.24) is 9.78 Å². The van der Waals surface area contributed by atoms with Gasteiger partial charge in [0.2, 0.25) is 0 Å². The van der Waals surface area contributed by atoms with E-state index in [1.807, 2.05) is 19.9 Å². The Morgan fingerprint density at radius 2 is 1.81 bits per heavy atom. The molecule has 142 valence electrons. The number of benzene rings is 2. The van der Waals surface area contributed by atoms with Crippen LogP contribution in [0.1, 0.15) is 22.4 Å². The predicted octanol–water partition coefficient (Wildman–Crippen LogP) is 4.51. The second kappa shape index (κ2) is 7.28. The Balaban J connectivity index is 2.18. The molecule has 0 N–H and O–H groups in total. The van der Waals surface area contributed by atoms with E-state index in [0.717, 1.165) is 28.1 Å². The van der Waals surface area contributed by atoms with Crippen LogP contribution in [0.2, 0.25) is 10.0 Å². The molecule has 0 unspecified atom stereocenters. The Hall–Kier alpha value is -1.86. The van der Waals surface area contributed by atoms with E-state index in [1.165, 1.54) is 12.1 Å². The van der Waals surface area contributed by atoms with Gasteiger partial charge in [0.25, 0.3) is 0 Å². The summed E-state index contributed by atoms with van der Waals surface area (Å²) in [6, 6.07) is 9.65. The fourth-order valence-electron chi connectivity index (χ4n) is 3.12. The van der Waals surface area contributed by atoms with Crippen molar-refractivity contribution in [3.8, 4) is 11.3 Å². The number of nitrogens with zero attached hydrogens (tertiary/aromatic N) is 2. The summed E-state index contributed by atoms with van der Waals surface area (Å²) in [4.78, 5) is -0.266. The van der Waals surface area contributed by atoms with E-state index in [9.17, 15) is 13.0 Å². The van der Waals surface area contributed by atoms with Crippen molar-refractivity contribution in [1.29, 1.82) is 0 Å². The first-order valence-electron chi connectivity index (χ1n) is 8.11. The molecule has 5 nitrogen and oxygen atoms in total. The third-order valence-electron chi connectivity index (χ3n) is 4.48. The second-order valence-corrected chi connectivity index (χ2v) is 8.60. The van der Waals surface area contributed by atoms with Crippen LogP contribution in [0, 0.1) is 13.8 Å². The summed E-state index contributed by atoms with van der Waals surface area (Å²) in [5.41, 5.74) is 4.83. The maximum absolute atomic E-state index is 11.5. The molecular weight excluding hydrogens is 407 g/mol. The standard InChI is InChI=1S/C19H18Cl2N2O3S/c1-11-4-7-15(27(24,25)26)10-16(11)19-17(12(2)22-23(19)3)8-13-5-6-14(20)9-18(13)21/h4-7,9-10H,8H2,1-3H3,(H,24,25,26)/p-1. The van der Waals surface area contributed by atoms with Gasteiger partial charge >= 0.3 is 0 Å². The molecule has 0 aliphatic carbocycles. The Labute approximate surface area is 168 Å². The van der Waals surface area contributed by atoms with Crippen molar-refractivity contribution in [2.75, 3.05) is 0 Å². The predicted molar refractivity (Wildman–Crippen MR) is 105 cm³/mol. The van der Waals surface area contributed by atoms with Crippen molar-refractivity contribution < 1.29 is 13.0 Å². The van der Waals surface area contributed by atoms with E-state index in [1.54, 1.807) is 29.9 Å². The van der Waals surface area contributed by atoms with Gasteiger partial charge in [0.15, 0.2) is 0 Å². The van der Waals surface area contributed by atoms with E-state index in [-0.39, 0.29) is 4.90 Å². The molecule has 3 rings (SSSR count). The summed E-state index contributed by atoms with van der Waals surface area (Å²) < 4.78 is 36.1. The number of rotatable bonds is 4. The van der Waals surface area contributed by atoms with Gasteiger partial charge in [-0.25, -0.2) is 8.42 Å². The highest BCUT2D eigenvalue weighted by Crippen LogP contribution is 2.33. The number of hydrogen-bond donors (Lipinski definition) is 0. The van der Waals surface area contributed by atoms with Crippen LogP contribution in [0.25, 0.3) is 11.3 Å². The third kappa shape index (κ3) is 4.04. The molecule has 0 atom stereocenters. The van der Waals surface area contributed by atoms with Crippen LogP contribution in [0.5, 0.6) is 0 Å². The van der Waals surface area contributed by atoms with Crippen molar-refractivity contribution >= 4 is 33.3 Å². The van der Waals surface area contributed by atoms with Gasteiger partial charge in [-0.3, -0.25) is 4.68 Å². The molecule has 0 saturated heterocycles. The molecule has 0 saturated carbocycles. The van der Waals surface area contributed by atoms with Gasteiger partial charge in [0.1, 0.15) is 10.1 Å². The summed E-state index contributed by atoms with van der Waals surface area (Å²) in [5.74, 6) is 0. The number of aromatic nitrogens is 2. The molecule has 0 spiro atoms. The van der Waals surface area contributed by atoms with Crippen molar-refractivity contribution in [3.63, 3.8) is 0 Å². The number of halogens is 2. The van der Waals surface area contributed by atoms with Gasteiger partial charge in [-0.1, -0.05) is 35.3 Å². The Morgan fingerprint density at radius 3 is 2.44 bits per heavy atom. The van der Waals surface area contributed by atoms with Gasteiger partial charge < -0.3 is 4.55 Å². The number of hydrogen-bond acceptors (Lipinski definition) is 4. The second-order valence-electron chi connectivity index (χ2n) is 6.38. The SMILES string of the molecule is Cc1ccc(S(=O)(=O)[O-])cc1-c1c(Cc2ccc(Cl)cc2Cl)c(C)nn1C. The molecule has 3 aromatic rings. The van der Waals surface area contributed by atoms with Gasteiger partial charge in [-0.15, -0.1) is 0 Å². The lowest BCUT2D eigenvalue weighted by atomic mass is 9.96. The lowest BCUT2D eigenvalue weighted by Gasteiger charge is -2.14. The van der Waals surface area contributed by atoms with E-state index < -0.39 is 10.1 Å². The van der Waals surface area contributed by atoms with Gasteiger partial charge in [-0.2, -0.15) is 5.10 Å². The zero-order valence-corrected chi connectivity index (χ0v) is 17.3. The lowest BCUT2D eigenvalue weighted by molar-refractivity contribution is 0.463. The van der Waals surface area contributed by atoms with Crippen LogP contribution < -0.4 is 0 Å². The molecule has 0 radical (unpaired) electrons. The molecule has 1 heterocycles. The summed E-state index contributed by atoms with van der Waals surface area (Å²) in [7, 11) is -2.77. The van der Waals surface area contributed by atoms with Crippen LogP contribution in [-0.4, -0.2) is 22.8 Å². The Kier molecular flexibility index (Phi) is 5.36.